The minimum Gasteiger partial charge on any atom is -0.461 e. The van der Waals surface area contributed by atoms with Gasteiger partial charge in [0.05, 0.1) is 13.2 Å². The fourth-order valence-electron chi connectivity index (χ4n) is 4.57. The maximum absolute atomic E-state index is 13.7. The fourth-order valence-corrected chi connectivity index (χ4v) is 4.57. The van der Waals surface area contributed by atoms with Gasteiger partial charge in [-0.2, -0.15) is 5.10 Å². The highest BCUT2D eigenvalue weighted by atomic mass is 16.5. The lowest BCUT2D eigenvalue weighted by molar-refractivity contribution is -0.127. The van der Waals surface area contributed by atoms with E-state index in [1.54, 1.807) is 18.7 Å². The van der Waals surface area contributed by atoms with Crippen LogP contribution in [0.5, 0.6) is 0 Å². The van der Waals surface area contributed by atoms with E-state index < -0.39 is 11.5 Å². The molecule has 1 N–H and O–H groups in total. The van der Waals surface area contributed by atoms with E-state index in [4.69, 9.17) is 4.74 Å². The van der Waals surface area contributed by atoms with Crippen molar-refractivity contribution in [2.45, 2.75) is 71.5 Å². The first-order chi connectivity index (χ1) is 15.2. The second kappa shape index (κ2) is 8.41. The lowest BCUT2D eigenvalue weighted by Gasteiger charge is -2.43. The van der Waals surface area contributed by atoms with Crippen LogP contribution < -0.4 is 10.2 Å². The Labute approximate surface area is 187 Å². The van der Waals surface area contributed by atoms with E-state index >= 15 is 0 Å². The summed E-state index contributed by atoms with van der Waals surface area (Å²) in [7, 11) is 0. The van der Waals surface area contributed by atoms with Crippen molar-refractivity contribution in [1.29, 1.82) is 0 Å². The SMILES string of the molecule is CCOC(=O)c1cc2n(n1)C[C@@](C)(C(=O)NC1CCCC1)N(c1ccc(C)c(C)c1)C2=O. The molecule has 1 saturated carbocycles. The average Bonchev–Trinajstić information content (AvgIpc) is 3.40. The predicted octanol–water partition coefficient (Wildman–Crippen LogP) is 3.15. The van der Waals surface area contributed by atoms with E-state index in [-0.39, 0.29) is 42.4 Å². The molecule has 1 aromatic carbocycles. The Hall–Kier alpha value is -3.16. The lowest BCUT2D eigenvalue weighted by Crippen LogP contribution is -2.65. The van der Waals surface area contributed by atoms with Crippen LogP contribution in [0.25, 0.3) is 0 Å². The molecule has 8 nitrogen and oxygen atoms in total. The van der Waals surface area contributed by atoms with Crippen LogP contribution in [-0.4, -0.2) is 45.8 Å². The van der Waals surface area contributed by atoms with Gasteiger partial charge in [0.15, 0.2) is 5.69 Å². The largest absolute Gasteiger partial charge is 0.461 e. The predicted molar refractivity (Wildman–Crippen MR) is 120 cm³/mol. The van der Waals surface area contributed by atoms with Crippen molar-refractivity contribution in [3.8, 4) is 0 Å². The minimum atomic E-state index is -1.20. The van der Waals surface area contributed by atoms with Crippen LogP contribution >= 0.6 is 0 Å². The molecule has 0 saturated heterocycles. The molecule has 170 valence electrons. The third-order valence-electron chi connectivity index (χ3n) is 6.57. The highest BCUT2D eigenvalue weighted by molar-refractivity contribution is 6.12. The molecular formula is C24H30N4O4. The zero-order valence-electron chi connectivity index (χ0n) is 19.1. The summed E-state index contributed by atoms with van der Waals surface area (Å²) < 4.78 is 6.51. The number of carbonyl (C=O) groups excluding carboxylic acids is 3. The van der Waals surface area contributed by atoms with Crippen molar-refractivity contribution in [3.05, 3.63) is 46.8 Å². The maximum atomic E-state index is 13.7. The molecule has 32 heavy (non-hydrogen) atoms. The van der Waals surface area contributed by atoms with E-state index in [2.05, 4.69) is 10.4 Å². The third kappa shape index (κ3) is 3.78. The molecule has 2 amide bonds. The van der Waals surface area contributed by atoms with Gasteiger partial charge in [-0.3, -0.25) is 19.2 Å². The van der Waals surface area contributed by atoms with Gasteiger partial charge in [-0.15, -0.1) is 0 Å². The summed E-state index contributed by atoms with van der Waals surface area (Å²) in [4.78, 5) is 41.0. The quantitative estimate of drug-likeness (QED) is 0.724. The molecule has 8 heteroatoms. The number of nitrogens with zero attached hydrogens (tertiary/aromatic N) is 3. The molecular weight excluding hydrogens is 408 g/mol. The number of anilines is 1. The van der Waals surface area contributed by atoms with Crippen LogP contribution in [0.4, 0.5) is 5.69 Å². The molecule has 0 bridgehead atoms. The molecule has 1 aromatic heterocycles. The number of hydrogen-bond donors (Lipinski definition) is 1. The van der Waals surface area contributed by atoms with Crippen LogP contribution in [0.15, 0.2) is 24.3 Å². The molecule has 1 fully saturated rings. The second-order valence-corrected chi connectivity index (χ2v) is 8.93. The molecule has 0 spiro atoms. The Morgan fingerprint density at radius 3 is 2.56 bits per heavy atom. The Bertz CT molecular complexity index is 1070. The summed E-state index contributed by atoms with van der Waals surface area (Å²) in [5.41, 5.74) is 1.90. The smallest absolute Gasteiger partial charge is 0.358 e. The van der Waals surface area contributed by atoms with Crippen molar-refractivity contribution >= 4 is 23.5 Å². The van der Waals surface area contributed by atoms with E-state index in [1.165, 1.54) is 10.7 Å². The number of hydrogen-bond acceptors (Lipinski definition) is 5. The van der Waals surface area contributed by atoms with Crippen molar-refractivity contribution in [2.75, 3.05) is 11.5 Å². The normalized spacial score (nSPS) is 20.9. The molecule has 2 aromatic rings. The monoisotopic (exact) mass is 438 g/mol. The number of ether oxygens (including phenoxy) is 1. The number of rotatable bonds is 5. The number of fused-ring (bicyclic) bond motifs is 1. The van der Waals surface area contributed by atoms with E-state index in [0.717, 1.165) is 36.8 Å². The van der Waals surface area contributed by atoms with Gasteiger partial charge in [0, 0.05) is 17.8 Å². The van der Waals surface area contributed by atoms with Crippen LogP contribution in [0.3, 0.4) is 0 Å². The summed E-state index contributed by atoms with van der Waals surface area (Å²) >= 11 is 0. The van der Waals surface area contributed by atoms with E-state index in [0.29, 0.717) is 5.69 Å². The Morgan fingerprint density at radius 1 is 1.19 bits per heavy atom. The van der Waals surface area contributed by atoms with Crippen molar-refractivity contribution in [2.24, 2.45) is 0 Å². The van der Waals surface area contributed by atoms with E-state index in [1.807, 2.05) is 32.0 Å². The lowest BCUT2D eigenvalue weighted by atomic mass is 9.93. The summed E-state index contributed by atoms with van der Waals surface area (Å²) in [6.45, 7) is 7.81. The summed E-state index contributed by atoms with van der Waals surface area (Å²) in [6, 6.07) is 7.29. The Kier molecular flexibility index (Phi) is 5.79. The first-order valence-electron chi connectivity index (χ1n) is 11.2. The highest BCUT2D eigenvalue weighted by Crippen LogP contribution is 2.34. The highest BCUT2D eigenvalue weighted by Gasteiger charge is 2.49. The molecule has 4 rings (SSSR count). The molecule has 0 unspecified atom stereocenters. The number of amides is 2. The summed E-state index contributed by atoms with van der Waals surface area (Å²) in [6.07, 6.45) is 4.07. The van der Waals surface area contributed by atoms with Gasteiger partial charge in [0.1, 0.15) is 11.2 Å². The van der Waals surface area contributed by atoms with Gasteiger partial charge in [0.2, 0.25) is 5.91 Å². The number of carbonyl (C=O) groups is 3. The summed E-state index contributed by atoms with van der Waals surface area (Å²) in [5.74, 6) is -1.17. The molecule has 1 aliphatic heterocycles. The van der Waals surface area contributed by atoms with Gasteiger partial charge >= 0.3 is 5.97 Å². The van der Waals surface area contributed by atoms with Crippen molar-refractivity contribution < 1.29 is 19.1 Å². The molecule has 0 radical (unpaired) electrons. The van der Waals surface area contributed by atoms with Crippen molar-refractivity contribution in [3.63, 3.8) is 0 Å². The summed E-state index contributed by atoms with van der Waals surface area (Å²) in [5, 5.41) is 7.45. The molecule has 1 atom stereocenters. The first-order valence-corrected chi connectivity index (χ1v) is 11.2. The zero-order valence-corrected chi connectivity index (χ0v) is 19.1. The zero-order chi connectivity index (χ0) is 23.0. The van der Waals surface area contributed by atoms with Gasteiger partial charge in [-0.25, -0.2) is 4.79 Å². The number of esters is 1. The average molecular weight is 439 g/mol. The van der Waals surface area contributed by atoms with Gasteiger partial charge < -0.3 is 10.1 Å². The molecule has 2 heterocycles. The van der Waals surface area contributed by atoms with Crippen LogP contribution in [-0.2, 0) is 16.1 Å². The Morgan fingerprint density at radius 2 is 1.91 bits per heavy atom. The van der Waals surface area contributed by atoms with E-state index in [9.17, 15) is 14.4 Å². The third-order valence-corrected chi connectivity index (χ3v) is 6.57. The minimum absolute atomic E-state index is 0.0655. The van der Waals surface area contributed by atoms with Crippen LogP contribution in [0, 0.1) is 13.8 Å². The Balaban J connectivity index is 1.78. The van der Waals surface area contributed by atoms with Gasteiger partial charge in [0.25, 0.3) is 5.91 Å². The topological polar surface area (TPSA) is 93.5 Å². The standard InChI is InChI=1S/C24H30N4O4/c1-5-32-22(30)19-13-20-21(29)28(18-11-10-15(2)16(3)12-18)24(4,14-27(20)26-19)23(31)25-17-8-6-7-9-17/h10-13,17H,5-9,14H2,1-4H3,(H,25,31)/t24-/m0/s1. The van der Waals surface area contributed by atoms with Crippen molar-refractivity contribution in [1.82, 2.24) is 15.1 Å². The number of benzene rings is 1. The van der Waals surface area contributed by atoms with Gasteiger partial charge in [-0.05, 0) is 63.8 Å². The molecule has 2 aliphatic rings. The number of aromatic nitrogens is 2. The van der Waals surface area contributed by atoms with Crippen LogP contribution in [0.2, 0.25) is 0 Å². The first kappa shape index (κ1) is 22.0. The fraction of sp³-hybridized carbons (Fsp3) is 0.500. The maximum Gasteiger partial charge on any atom is 0.358 e. The van der Waals surface area contributed by atoms with Gasteiger partial charge in [-0.1, -0.05) is 18.9 Å². The number of aryl methyl sites for hydroxylation is 2. The second-order valence-electron chi connectivity index (χ2n) is 8.93. The van der Waals surface area contributed by atoms with Crippen LogP contribution in [0.1, 0.15) is 71.6 Å². The number of nitrogens with one attached hydrogen (secondary N) is 1. The molecule has 1 aliphatic carbocycles.